The van der Waals surface area contributed by atoms with Gasteiger partial charge in [-0.15, -0.1) is 0 Å². The van der Waals surface area contributed by atoms with E-state index in [1.54, 1.807) is 26.0 Å². The number of amides is 1. The zero-order chi connectivity index (χ0) is 22.6. The fourth-order valence-electron chi connectivity index (χ4n) is 2.71. The monoisotopic (exact) mass is 440 g/mol. The summed E-state index contributed by atoms with van der Waals surface area (Å²) in [6.07, 6.45) is -2.64. The molecule has 0 unspecified atom stereocenters. The molecule has 0 saturated carbocycles. The van der Waals surface area contributed by atoms with Crippen molar-refractivity contribution in [1.29, 1.82) is 0 Å². The fraction of sp³-hybridized carbons (Fsp3) is 0.250. The Morgan fingerprint density at radius 3 is 2.60 bits per heavy atom. The molecule has 160 valence electrons. The van der Waals surface area contributed by atoms with E-state index in [9.17, 15) is 18.0 Å². The number of hydrogen-bond acceptors (Lipinski definition) is 4. The number of hydrogen-bond donors (Lipinski definition) is 1. The zero-order valence-corrected chi connectivity index (χ0v) is 17.5. The molecule has 30 heavy (non-hydrogen) atoms. The Morgan fingerprint density at radius 2 is 2.03 bits per heavy atom. The van der Waals surface area contributed by atoms with E-state index in [1.165, 1.54) is 26.2 Å². The van der Waals surface area contributed by atoms with Gasteiger partial charge in [0.05, 0.1) is 24.6 Å². The number of carbonyl (C=O) groups is 1. The van der Waals surface area contributed by atoms with Crippen molar-refractivity contribution in [3.05, 3.63) is 69.5 Å². The average molecular weight is 441 g/mol. The molecule has 0 fully saturated rings. The van der Waals surface area contributed by atoms with Gasteiger partial charge < -0.3 is 10.1 Å². The summed E-state index contributed by atoms with van der Waals surface area (Å²) in [5.41, 5.74) is 0.0398. The number of ether oxygens (including phenoxy) is 1. The highest BCUT2D eigenvalue weighted by atomic mass is 35.5. The van der Waals surface area contributed by atoms with Gasteiger partial charge in [-0.3, -0.25) is 4.79 Å². The third-order valence-electron chi connectivity index (χ3n) is 4.28. The largest absolute Gasteiger partial charge is 0.480 e. The molecule has 0 aliphatic rings. The molecule has 0 aliphatic heterocycles. The van der Waals surface area contributed by atoms with Gasteiger partial charge in [-0.2, -0.15) is 18.3 Å². The number of rotatable bonds is 6. The van der Waals surface area contributed by atoms with Crippen LogP contribution in [0.1, 0.15) is 34.1 Å². The van der Waals surface area contributed by atoms with Crippen molar-refractivity contribution >= 4 is 24.2 Å². The smallest absolute Gasteiger partial charge is 0.434 e. The Balaban J connectivity index is 2.49. The van der Waals surface area contributed by atoms with Crippen LogP contribution < -0.4 is 5.32 Å². The topological polar surface area (TPSA) is 68.5 Å². The Morgan fingerprint density at radius 1 is 1.37 bits per heavy atom. The van der Waals surface area contributed by atoms with E-state index in [2.05, 4.69) is 22.1 Å². The summed E-state index contributed by atoms with van der Waals surface area (Å²) in [5, 5.41) is 6.22. The molecule has 1 aromatic heterocycles. The van der Waals surface area contributed by atoms with Gasteiger partial charge in [0.25, 0.3) is 5.91 Å². The molecule has 0 radical (unpaired) electrons. The van der Waals surface area contributed by atoms with Crippen LogP contribution in [0.2, 0.25) is 0 Å². The van der Waals surface area contributed by atoms with Crippen LogP contribution in [-0.2, 0) is 10.9 Å². The highest BCUT2D eigenvalue weighted by Gasteiger charge is 2.40. The predicted molar refractivity (Wildman–Crippen MR) is 109 cm³/mol. The molecule has 1 amide bonds. The van der Waals surface area contributed by atoms with Gasteiger partial charge in [0, 0.05) is 5.70 Å². The summed E-state index contributed by atoms with van der Waals surface area (Å²) in [7, 11) is 1.32. The van der Waals surface area contributed by atoms with Crippen molar-refractivity contribution in [1.82, 2.24) is 15.1 Å². The van der Waals surface area contributed by atoms with Crippen LogP contribution in [0.25, 0.3) is 5.69 Å². The summed E-state index contributed by atoms with van der Waals surface area (Å²) in [4.78, 5) is 16.1. The van der Waals surface area contributed by atoms with E-state index in [0.717, 1.165) is 16.4 Å². The Kier molecular flexibility index (Phi) is 7.09. The number of aryl methyl sites for hydroxylation is 1. The summed E-state index contributed by atoms with van der Waals surface area (Å²) in [5.74, 6) is -0.980. The number of aliphatic imine (C=N–C) groups is 1. The SMILES string of the molecule is C=N/C(OC)=C(Cl)\C=C(/C)NC(=O)c1cnn(-c2cccc(C)c2C)c1C(F)(F)F. The van der Waals surface area contributed by atoms with E-state index in [1.807, 2.05) is 0 Å². The second-order valence-electron chi connectivity index (χ2n) is 6.33. The lowest BCUT2D eigenvalue weighted by Crippen LogP contribution is -2.25. The van der Waals surface area contributed by atoms with Gasteiger partial charge in [0.15, 0.2) is 5.69 Å². The minimum Gasteiger partial charge on any atom is -0.480 e. The lowest BCUT2D eigenvalue weighted by molar-refractivity contribution is -0.143. The first-order valence-corrected chi connectivity index (χ1v) is 9.01. The van der Waals surface area contributed by atoms with Crippen LogP contribution in [0.5, 0.6) is 0 Å². The van der Waals surface area contributed by atoms with Crippen molar-refractivity contribution in [3.63, 3.8) is 0 Å². The quantitative estimate of drug-likeness (QED) is 0.395. The molecule has 6 nitrogen and oxygen atoms in total. The highest BCUT2D eigenvalue weighted by Crippen LogP contribution is 2.34. The molecule has 0 atom stereocenters. The molecule has 10 heteroatoms. The van der Waals surface area contributed by atoms with Crippen molar-refractivity contribution in [2.75, 3.05) is 7.11 Å². The van der Waals surface area contributed by atoms with Gasteiger partial charge >= 0.3 is 6.18 Å². The maximum Gasteiger partial charge on any atom is 0.434 e. The standard InChI is InChI=1S/C20H20ClF3N4O2/c1-11-7-6-8-16(13(11)3)28-17(20(22,23)24)14(10-26-28)18(29)27-12(2)9-15(21)19(25-4)30-5/h6-10H,4H2,1-3,5H3,(H,27,29)/b12-9+,19-15-. The Labute approximate surface area is 176 Å². The number of nitrogens with zero attached hydrogens (tertiary/aromatic N) is 3. The van der Waals surface area contributed by atoms with Crippen LogP contribution >= 0.6 is 11.6 Å². The first kappa shape index (κ1) is 23.2. The zero-order valence-electron chi connectivity index (χ0n) is 16.8. The summed E-state index contributed by atoms with van der Waals surface area (Å²) in [6.45, 7) is 8.21. The van der Waals surface area contributed by atoms with Crippen LogP contribution in [-0.4, -0.2) is 29.5 Å². The number of alkyl halides is 3. The maximum absolute atomic E-state index is 13.8. The van der Waals surface area contributed by atoms with E-state index >= 15 is 0 Å². The Bertz CT molecular complexity index is 1040. The molecule has 0 saturated heterocycles. The molecule has 1 heterocycles. The molecular weight excluding hydrogens is 421 g/mol. The van der Waals surface area contributed by atoms with E-state index < -0.39 is 23.3 Å². The number of benzene rings is 1. The minimum absolute atomic E-state index is 0.00369. The first-order chi connectivity index (χ1) is 14.0. The second-order valence-corrected chi connectivity index (χ2v) is 6.74. The number of allylic oxidation sites excluding steroid dienone is 3. The number of nitrogens with one attached hydrogen (secondary N) is 1. The van der Waals surface area contributed by atoms with Gasteiger partial charge in [0.1, 0.15) is 5.03 Å². The molecular formula is C20H20ClF3N4O2. The fourth-order valence-corrected chi connectivity index (χ4v) is 3.01. The second kappa shape index (κ2) is 9.17. The molecule has 1 N–H and O–H groups in total. The number of halogens is 4. The number of carbonyl (C=O) groups excluding carboxylic acids is 1. The number of methoxy groups -OCH3 is 1. The third-order valence-corrected chi connectivity index (χ3v) is 4.55. The average Bonchev–Trinajstić information content (AvgIpc) is 3.10. The highest BCUT2D eigenvalue weighted by molar-refractivity contribution is 6.31. The lowest BCUT2D eigenvalue weighted by Gasteiger charge is -2.15. The van der Waals surface area contributed by atoms with Crippen LogP contribution in [0, 0.1) is 13.8 Å². The van der Waals surface area contributed by atoms with Crippen LogP contribution in [0.15, 0.2) is 52.1 Å². The maximum atomic E-state index is 13.8. The van der Waals surface area contributed by atoms with Crippen molar-refractivity contribution in [2.45, 2.75) is 26.9 Å². The molecule has 1 aromatic carbocycles. The van der Waals surface area contributed by atoms with Crippen molar-refractivity contribution < 1.29 is 22.7 Å². The van der Waals surface area contributed by atoms with E-state index in [-0.39, 0.29) is 22.3 Å². The van der Waals surface area contributed by atoms with Gasteiger partial charge in [-0.1, -0.05) is 23.7 Å². The summed E-state index contributed by atoms with van der Waals surface area (Å²) in [6, 6.07) is 4.92. The van der Waals surface area contributed by atoms with Gasteiger partial charge in [-0.05, 0) is 50.8 Å². The summed E-state index contributed by atoms with van der Waals surface area (Å²) >= 11 is 5.99. The first-order valence-electron chi connectivity index (χ1n) is 8.63. The molecule has 2 aromatic rings. The predicted octanol–water partition coefficient (Wildman–Crippen LogP) is 4.90. The summed E-state index contributed by atoms with van der Waals surface area (Å²) < 4.78 is 47.2. The molecule has 2 rings (SSSR count). The number of aromatic nitrogens is 2. The Hall–Kier alpha value is -3.07. The van der Waals surface area contributed by atoms with Gasteiger partial charge in [0.2, 0.25) is 5.88 Å². The molecule has 0 aliphatic carbocycles. The lowest BCUT2D eigenvalue weighted by atomic mass is 10.1. The van der Waals surface area contributed by atoms with Crippen LogP contribution in [0.3, 0.4) is 0 Å². The third kappa shape index (κ3) is 4.91. The van der Waals surface area contributed by atoms with Gasteiger partial charge in [-0.25, -0.2) is 9.67 Å². The van der Waals surface area contributed by atoms with Crippen molar-refractivity contribution in [2.24, 2.45) is 4.99 Å². The molecule has 0 spiro atoms. The minimum atomic E-state index is -4.81. The molecule has 0 bridgehead atoms. The van der Waals surface area contributed by atoms with Crippen molar-refractivity contribution in [3.8, 4) is 5.69 Å². The normalized spacial score (nSPS) is 13.0. The van der Waals surface area contributed by atoms with E-state index in [0.29, 0.717) is 5.56 Å². The van der Waals surface area contributed by atoms with E-state index in [4.69, 9.17) is 16.3 Å². The van der Waals surface area contributed by atoms with Crippen LogP contribution in [0.4, 0.5) is 13.2 Å².